The molecule has 0 saturated carbocycles. The molecule has 1 amide bonds. The van der Waals surface area contributed by atoms with Crippen LogP contribution in [-0.2, 0) is 15.9 Å². The summed E-state index contributed by atoms with van der Waals surface area (Å²) >= 11 is 0. The number of benzene rings is 1. The monoisotopic (exact) mass is 331 g/mol. The van der Waals surface area contributed by atoms with Gasteiger partial charge in [-0.15, -0.1) is 0 Å². The molecule has 1 N–H and O–H groups in total. The molecule has 1 aliphatic rings. The van der Waals surface area contributed by atoms with E-state index in [1.807, 2.05) is 10.9 Å². The molecule has 1 aromatic heterocycles. The maximum absolute atomic E-state index is 11.0. The van der Waals surface area contributed by atoms with E-state index in [1.54, 1.807) is 0 Å². The zero-order valence-corrected chi connectivity index (χ0v) is 14.2. The van der Waals surface area contributed by atoms with Gasteiger partial charge in [-0.2, -0.15) is 5.10 Å². The van der Waals surface area contributed by atoms with Crippen molar-refractivity contribution in [2.24, 2.45) is 0 Å². The Morgan fingerprint density at radius 1 is 1.42 bits per heavy atom. The molecule has 0 bridgehead atoms. The quantitative estimate of drug-likeness (QED) is 0.824. The van der Waals surface area contributed by atoms with E-state index < -0.39 is 0 Å². The van der Waals surface area contributed by atoms with Crippen molar-refractivity contribution in [1.29, 1.82) is 0 Å². The van der Waals surface area contributed by atoms with Crippen molar-refractivity contribution in [3.05, 3.63) is 30.0 Å². The molecule has 1 atom stereocenters. The average molecular weight is 331 g/mol. The summed E-state index contributed by atoms with van der Waals surface area (Å²) in [7, 11) is 1.38. The van der Waals surface area contributed by atoms with Crippen molar-refractivity contribution >= 4 is 17.0 Å². The summed E-state index contributed by atoms with van der Waals surface area (Å²) in [5.41, 5.74) is 2.43. The minimum absolute atomic E-state index is 0.0755. The van der Waals surface area contributed by atoms with Crippen LogP contribution in [0.15, 0.2) is 24.4 Å². The number of unbranched alkanes of at least 4 members (excludes halogenated alkanes) is 1. The third kappa shape index (κ3) is 4.06. The SMILES string of the molecule is COC(=O)NCCCCc1ccc2c(cnn2C2CCCCO2)c1. The molecular formula is C18H25N3O3. The van der Waals surface area contributed by atoms with Gasteiger partial charge in [-0.25, -0.2) is 9.48 Å². The molecule has 1 saturated heterocycles. The lowest BCUT2D eigenvalue weighted by Crippen LogP contribution is -2.23. The predicted octanol–water partition coefficient (Wildman–Crippen LogP) is 3.41. The van der Waals surface area contributed by atoms with Crippen LogP contribution in [0.4, 0.5) is 4.79 Å². The first kappa shape index (κ1) is 16.8. The fourth-order valence-electron chi connectivity index (χ4n) is 3.12. The highest BCUT2D eigenvalue weighted by Crippen LogP contribution is 2.26. The number of carbonyl (C=O) groups is 1. The Balaban J connectivity index is 1.55. The second-order valence-corrected chi connectivity index (χ2v) is 6.18. The molecule has 24 heavy (non-hydrogen) atoms. The van der Waals surface area contributed by atoms with Gasteiger partial charge in [0.25, 0.3) is 0 Å². The van der Waals surface area contributed by atoms with Gasteiger partial charge in [-0.1, -0.05) is 6.07 Å². The Kier molecular flexibility index (Phi) is 5.69. The summed E-state index contributed by atoms with van der Waals surface area (Å²) in [6, 6.07) is 6.51. The van der Waals surface area contributed by atoms with Gasteiger partial charge in [0.2, 0.25) is 0 Å². The molecule has 0 spiro atoms. The van der Waals surface area contributed by atoms with Crippen LogP contribution in [-0.4, -0.2) is 36.1 Å². The Hall–Kier alpha value is -2.08. The number of carbonyl (C=O) groups excluding carboxylic acids is 1. The van der Waals surface area contributed by atoms with Gasteiger partial charge in [0, 0.05) is 18.5 Å². The number of amides is 1. The van der Waals surface area contributed by atoms with Crippen LogP contribution in [0.2, 0.25) is 0 Å². The van der Waals surface area contributed by atoms with Gasteiger partial charge >= 0.3 is 6.09 Å². The van der Waals surface area contributed by atoms with Gasteiger partial charge in [-0.05, 0) is 56.2 Å². The summed E-state index contributed by atoms with van der Waals surface area (Å²) in [5.74, 6) is 0. The lowest BCUT2D eigenvalue weighted by atomic mass is 10.1. The second-order valence-electron chi connectivity index (χ2n) is 6.18. The van der Waals surface area contributed by atoms with Gasteiger partial charge in [0.05, 0.1) is 18.8 Å². The molecule has 6 heteroatoms. The van der Waals surface area contributed by atoms with Crippen molar-refractivity contribution in [3.63, 3.8) is 0 Å². The number of alkyl carbamates (subject to hydrolysis) is 1. The lowest BCUT2D eigenvalue weighted by molar-refractivity contribution is -0.0366. The van der Waals surface area contributed by atoms with E-state index in [1.165, 1.54) is 19.1 Å². The fraction of sp³-hybridized carbons (Fsp3) is 0.556. The molecule has 1 fully saturated rings. The summed E-state index contributed by atoms with van der Waals surface area (Å²) in [6.07, 6.45) is 7.96. The number of hydrogen-bond donors (Lipinski definition) is 1. The molecule has 2 heterocycles. The summed E-state index contributed by atoms with van der Waals surface area (Å²) < 4.78 is 12.4. The Bertz CT molecular complexity index is 677. The van der Waals surface area contributed by atoms with Crippen LogP contribution in [0, 0.1) is 0 Å². The van der Waals surface area contributed by atoms with Gasteiger partial charge < -0.3 is 14.8 Å². The number of methoxy groups -OCH3 is 1. The number of nitrogens with zero attached hydrogens (tertiary/aromatic N) is 2. The number of aryl methyl sites for hydroxylation is 1. The number of ether oxygens (including phenoxy) is 2. The lowest BCUT2D eigenvalue weighted by Gasteiger charge is -2.23. The predicted molar refractivity (Wildman–Crippen MR) is 91.9 cm³/mol. The molecule has 1 aromatic carbocycles. The van der Waals surface area contributed by atoms with Crippen LogP contribution in [0.5, 0.6) is 0 Å². The number of aromatic nitrogens is 2. The van der Waals surface area contributed by atoms with E-state index in [-0.39, 0.29) is 12.3 Å². The molecular weight excluding hydrogens is 306 g/mol. The van der Waals surface area contributed by atoms with E-state index in [2.05, 4.69) is 33.4 Å². The van der Waals surface area contributed by atoms with Crippen molar-refractivity contribution in [1.82, 2.24) is 15.1 Å². The van der Waals surface area contributed by atoms with Gasteiger partial charge in [0.1, 0.15) is 0 Å². The first-order valence-corrected chi connectivity index (χ1v) is 8.67. The molecule has 3 rings (SSSR count). The first-order chi connectivity index (χ1) is 11.8. The summed E-state index contributed by atoms with van der Waals surface area (Å²) in [5, 5.41) is 8.39. The van der Waals surface area contributed by atoms with Crippen LogP contribution in [0.3, 0.4) is 0 Å². The Morgan fingerprint density at radius 2 is 2.33 bits per heavy atom. The molecule has 6 nitrogen and oxygen atoms in total. The normalized spacial score (nSPS) is 17.8. The number of hydrogen-bond acceptors (Lipinski definition) is 4. The smallest absolute Gasteiger partial charge is 0.406 e. The fourth-order valence-corrected chi connectivity index (χ4v) is 3.12. The van der Waals surface area contributed by atoms with Crippen LogP contribution < -0.4 is 5.32 Å². The molecule has 1 unspecified atom stereocenters. The largest absolute Gasteiger partial charge is 0.453 e. The topological polar surface area (TPSA) is 65.4 Å². The third-order valence-corrected chi connectivity index (χ3v) is 4.44. The maximum Gasteiger partial charge on any atom is 0.406 e. The zero-order chi connectivity index (χ0) is 16.8. The molecule has 0 radical (unpaired) electrons. The Morgan fingerprint density at radius 3 is 3.12 bits per heavy atom. The Labute approximate surface area is 142 Å². The summed E-state index contributed by atoms with van der Waals surface area (Å²) in [6.45, 7) is 1.47. The minimum Gasteiger partial charge on any atom is -0.453 e. The van der Waals surface area contributed by atoms with Crippen LogP contribution in [0.25, 0.3) is 10.9 Å². The van der Waals surface area contributed by atoms with E-state index in [9.17, 15) is 4.79 Å². The minimum atomic E-state index is -0.367. The highest BCUT2D eigenvalue weighted by molar-refractivity contribution is 5.79. The van der Waals surface area contributed by atoms with Crippen molar-refractivity contribution in [2.45, 2.75) is 44.8 Å². The highest BCUT2D eigenvalue weighted by Gasteiger charge is 2.18. The maximum atomic E-state index is 11.0. The third-order valence-electron chi connectivity index (χ3n) is 4.44. The number of fused-ring (bicyclic) bond motifs is 1. The molecule has 0 aliphatic carbocycles. The molecule has 1 aliphatic heterocycles. The zero-order valence-electron chi connectivity index (χ0n) is 14.2. The highest BCUT2D eigenvalue weighted by atomic mass is 16.5. The molecule has 130 valence electrons. The van der Waals surface area contributed by atoms with Gasteiger partial charge in [0.15, 0.2) is 6.23 Å². The summed E-state index contributed by atoms with van der Waals surface area (Å²) in [4.78, 5) is 11.0. The van der Waals surface area contributed by atoms with E-state index >= 15 is 0 Å². The van der Waals surface area contributed by atoms with Crippen molar-refractivity contribution < 1.29 is 14.3 Å². The van der Waals surface area contributed by atoms with Crippen LogP contribution in [0.1, 0.15) is 43.9 Å². The van der Waals surface area contributed by atoms with Gasteiger partial charge in [-0.3, -0.25) is 0 Å². The van der Waals surface area contributed by atoms with Crippen molar-refractivity contribution in [3.8, 4) is 0 Å². The first-order valence-electron chi connectivity index (χ1n) is 8.67. The van der Waals surface area contributed by atoms with E-state index in [0.29, 0.717) is 6.54 Å². The second kappa shape index (κ2) is 8.15. The van der Waals surface area contributed by atoms with E-state index in [0.717, 1.165) is 49.6 Å². The van der Waals surface area contributed by atoms with Crippen molar-refractivity contribution in [2.75, 3.05) is 20.3 Å². The number of rotatable bonds is 6. The molecule has 2 aromatic rings. The average Bonchev–Trinajstić information content (AvgIpc) is 3.05. The van der Waals surface area contributed by atoms with Crippen LogP contribution >= 0.6 is 0 Å². The number of nitrogens with one attached hydrogen (secondary N) is 1. The standard InChI is InChI=1S/C18H25N3O3/c1-23-18(22)19-10-4-2-6-14-8-9-16-15(12-14)13-20-21(16)17-7-3-5-11-24-17/h8-9,12-13,17H,2-7,10-11H2,1H3,(H,19,22). The van der Waals surface area contributed by atoms with E-state index in [4.69, 9.17) is 4.74 Å².